The van der Waals surface area contributed by atoms with Gasteiger partial charge in [-0.2, -0.15) is 0 Å². The van der Waals surface area contributed by atoms with E-state index in [1.54, 1.807) is 0 Å². The van der Waals surface area contributed by atoms with E-state index in [2.05, 4.69) is 0 Å². The molecule has 0 unspecified atom stereocenters. The molecule has 0 aromatic carbocycles. The van der Waals surface area contributed by atoms with Gasteiger partial charge in [0.1, 0.15) is 0 Å². The Kier molecular flexibility index (Phi) is 81.0. The number of hydrogen-bond acceptors (Lipinski definition) is 12. The molecule has 0 rings (SSSR count). The minimum absolute atomic E-state index is 0. The maximum absolute atomic E-state index is 8.49. The average Bonchev–Trinajstić information content (AvgIpc) is 1.41. The first-order valence-corrected chi connectivity index (χ1v) is 5.55. The molecule has 0 saturated carbocycles. The SMILES string of the molecule is O.O.O.O.O.O.[Er+3].[O-][Cl+3]([O-])([O-])[O-].[O-][Cl+3]([O-])([O-])[O-].[O-][Cl+3]([O-])([O-])[O-]. The Labute approximate surface area is 156 Å². The molecular weight excluding hydrogens is 562 g/mol. The summed E-state index contributed by atoms with van der Waals surface area (Å²) in [7, 11) is -14.8. The van der Waals surface area contributed by atoms with Crippen LogP contribution >= 0.6 is 0 Å². The first-order chi connectivity index (χ1) is 6.00. The number of halogens is 3. The summed E-state index contributed by atoms with van der Waals surface area (Å²) in [5.74, 6) is 0. The molecule has 1 radical (unpaired) electrons. The summed E-state index contributed by atoms with van der Waals surface area (Å²) in [6, 6.07) is 0. The summed E-state index contributed by atoms with van der Waals surface area (Å²) in [6.07, 6.45) is 0. The van der Waals surface area contributed by atoms with Crippen LogP contribution in [0.3, 0.4) is 0 Å². The fourth-order valence-corrected chi connectivity index (χ4v) is 0. The molecule has 0 amide bonds. The normalized spacial score (nSPS) is 8.18. The van der Waals surface area contributed by atoms with Gasteiger partial charge in [-0.15, -0.1) is 30.7 Å². The van der Waals surface area contributed by atoms with Crippen molar-refractivity contribution < 1.29 is 157 Å². The van der Waals surface area contributed by atoms with E-state index in [9.17, 15) is 0 Å². The average molecular weight is 574 g/mol. The van der Waals surface area contributed by atoms with Crippen molar-refractivity contribution in [1.29, 1.82) is 0 Å². The predicted octanol–water partition coefficient (Wildman–Crippen LogP) is -19.2. The van der Waals surface area contributed by atoms with Gasteiger partial charge in [-0.25, -0.2) is 55.9 Å². The van der Waals surface area contributed by atoms with Crippen molar-refractivity contribution >= 4 is 0 Å². The van der Waals surface area contributed by atoms with Gasteiger partial charge in [0.15, 0.2) is 0 Å². The zero-order chi connectivity index (χ0) is 13.5. The molecule has 0 aliphatic heterocycles. The summed E-state index contributed by atoms with van der Waals surface area (Å²) < 4.78 is 102. The van der Waals surface area contributed by atoms with Crippen molar-refractivity contribution in [2.24, 2.45) is 0 Å². The van der Waals surface area contributed by atoms with E-state index < -0.39 is 30.7 Å². The van der Waals surface area contributed by atoms with Gasteiger partial charge in [-0.05, 0) is 0 Å². The molecule has 12 N–H and O–H groups in total. The molecule has 0 aliphatic rings. The molecule has 0 heterocycles. The summed E-state index contributed by atoms with van der Waals surface area (Å²) in [5.41, 5.74) is 0. The summed E-state index contributed by atoms with van der Waals surface area (Å²) in [6.45, 7) is 0. The molecule has 153 valence electrons. The third kappa shape index (κ3) is 4560. The summed E-state index contributed by atoms with van der Waals surface area (Å²) in [5, 5.41) is 0. The van der Waals surface area contributed by atoms with Crippen molar-refractivity contribution in [3.8, 4) is 0 Å². The van der Waals surface area contributed by atoms with Crippen LogP contribution in [-0.2, 0) is 0 Å². The Morgan fingerprint density at radius 1 is 0.273 bits per heavy atom. The quantitative estimate of drug-likeness (QED) is 0.260. The largest absolute Gasteiger partial charge is 3.00 e. The topological polar surface area (TPSA) is 466 Å². The number of hydrogen-bond donors (Lipinski definition) is 0. The minimum Gasteiger partial charge on any atom is -0.412 e. The third-order valence-electron chi connectivity index (χ3n) is 0. The monoisotopic (exact) mass is 571 g/mol. The Balaban J connectivity index is -0.0000000106. The van der Waals surface area contributed by atoms with Gasteiger partial charge in [0, 0.05) is 0 Å². The van der Waals surface area contributed by atoms with Gasteiger partial charge in [-0.1, -0.05) is 0 Å². The van der Waals surface area contributed by atoms with Crippen LogP contribution in [0.25, 0.3) is 0 Å². The van der Waals surface area contributed by atoms with E-state index in [-0.39, 0.29) is 70.2 Å². The van der Waals surface area contributed by atoms with Crippen molar-refractivity contribution in [3.63, 3.8) is 0 Å². The van der Waals surface area contributed by atoms with E-state index >= 15 is 0 Å². The Morgan fingerprint density at radius 2 is 0.273 bits per heavy atom. The van der Waals surface area contributed by atoms with Gasteiger partial charge in [-0.3, -0.25) is 0 Å². The Bertz CT molecular complexity index is 93.4. The molecule has 0 aromatic heterocycles. The fraction of sp³-hybridized carbons (Fsp3) is 0. The van der Waals surface area contributed by atoms with Crippen LogP contribution in [0, 0.1) is 68.0 Å². The van der Waals surface area contributed by atoms with Crippen molar-refractivity contribution in [2.75, 3.05) is 0 Å². The Hall–Kier alpha value is 1.40. The third-order valence-corrected chi connectivity index (χ3v) is 0. The zero-order valence-electron chi connectivity index (χ0n) is 9.32. The molecule has 22 heavy (non-hydrogen) atoms. The molecule has 0 aliphatic carbocycles. The van der Waals surface area contributed by atoms with Crippen LogP contribution in [-0.4, -0.2) is 32.9 Å². The van der Waals surface area contributed by atoms with Gasteiger partial charge in [0.25, 0.3) is 0 Å². The molecular formula is H12Cl3ErO18. The van der Waals surface area contributed by atoms with Crippen molar-refractivity contribution in [2.45, 2.75) is 0 Å². The van der Waals surface area contributed by atoms with Crippen LogP contribution in [0.2, 0.25) is 0 Å². The second kappa shape index (κ2) is 27.3. The van der Waals surface area contributed by atoms with Crippen molar-refractivity contribution in [1.82, 2.24) is 0 Å². The smallest absolute Gasteiger partial charge is 0.412 e. The molecule has 0 saturated heterocycles. The van der Waals surface area contributed by atoms with E-state index in [0.717, 1.165) is 0 Å². The zero-order valence-corrected chi connectivity index (χ0v) is 13.4. The second-order valence-corrected chi connectivity index (χ2v) is 3.40. The number of rotatable bonds is 0. The van der Waals surface area contributed by atoms with Crippen LogP contribution in [0.4, 0.5) is 0 Å². The standard InChI is InChI=1S/3ClHO4.Er.6H2O/c3*2-1(3,4)5;;;;;;;/h3*(H,2,3,4,5);;6*1H2/q;;;+3;;;;;;/p-3. The van der Waals surface area contributed by atoms with Gasteiger partial charge in [0.2, 0.25) is 0 Å². The van der Waals surface area contributed by atoms with E-state index in [0.29, 0.717) is 0 Å². The van der Waals surface area contributed by atoms with E-state index in [1.165, 1.54) is 0 Å². The molecule has 0 fully saturated rings. The van der Waals surface area contributed by atoms with Crippen LogP contribution < -0.4 is 55.9 Å². The first-order valence-electron chi connectivity index (χ1n) is 1.85. The maximum atomic E-state index is 8.49. The fourth-order valence-electron chi connectivity index (χ4n) is 0. The molecule has 18 nitrogen and oxygen atoms in total. The van der Waals surface area contributed by atoms with Gasteiger partial charge < -0.3 is 32.9 Å². The van der Waals surface area contributed by atoms with Crippen LogP contribution in [0.5, 0.6) is 0 Å². The molecule has 22 heteroatoms. The summed E-state index contributed by atoms with van der Waals surface area (Å²) >= 11 is 0. The second-order valence-electron chi connectivity index (χ2n) is 1.13. The predicted molar refractivity (Wildman–Crippen MR) is 21.7 cm³/mol. The van der Waals surface area contributed by atoms with Gasteiger partial charge in [0.05, 0.1) is 0 Å². The molecule has 0 spiro atoms. The van der Waals surface area contributed by atoms with E-state index in [1.807, 2.05) is 0 Å². The molecule has 0 atom stereocenters. The van der Waals surface area contributed by atoms with Crippen molar-refractivity contribution in [3.05, 3.63) is 0 Å². The molecule has 0 aromatic rings. The first kappa shape index (κ1) is 65.4. The van der Waals surface area contributed by atoms with Gasteiger partial charge >= 0.3 is 37.3 Å². The summed E-state index contributed by atoms with van der Waals surface area (Å²) in [4.78, 5) is 0. The molecule has 0 bridgehead atoms. The Morgan fingerprint density at radius 3 is 0.273 bits per heavy atom. The van der Waals surface area contributed by atoms with Crippen LogP contribution in [0.15, 0.2) is 0 Å². The van der Waals surface area contributed by atoms with E-state index in [4.69, 9.17) is 55.9 Å². The minimum atomic E-state index is -4.94. The van der Waals surface area contributed by atoms with Crippen LogP contribution in [0.1, 0.15) is 0 Å². The maximum Gasteiger partial charge on any atom is 3.00 e.